The molecule has 0 heterocycles. The third kappa shape index (κ3) is 3.36. The van der Waals surface area contributed by atoms with Crippen molar-refractivity contribution in [3.63, 3.8) is 0 Å². The molecule has 0 aliphatic rings. The van der Waals surface area contributed by atoms with Gasteiger partial charge in [-0.1, -0.05) is 0 Å². The van der Waals surface area contributed by atoms with E-state index in [0.29, 0.717) is 0 Å². The summed E-state index contributed by atoms with van der Waals surface area (Å²) in [7, 11) is 0. The third-order valence-electron chi connectivity index (χ3n) is 0.202. The summed E-state index contributed by atoms with van der Waals surface area (Å²) in [6.07, 6.45) is 0. The van der Waals surface area contributed by atoms with Crippen LogP contribution in [0.4, 0.5) is 0 Å². The Morgan fingerprint density at radius 1 is 0.875 bits per heavy atom. The van der Waals surface area contributed by atoms with E-state index in [1.165, 1.54) is 0 Å². The van der Waals surface area contributed by atoms with Gasteiger partial charge in [0.25, 0.3) is 0 Å². The van der Waals surface area contributed by atoms with E-state index in [9.17, 15) is 0 Å². The van der Waals surface area contributed by atoms with E-state index in [-0.39, 0.29) is 6.15 Å². The van der Waals surface area contributed by atoms with Crippen LogP contribution in [-0.2, 0) is 18.4 Å². The van der Waals surface area contributed by atoms with Crippen LogP contribution in [0.5, 0.6) is 0 Å². The molecular formula is C3H3AuN4. The van der Waals surface area contributed by atoms with E-state index in [0.717, 1.165) is 0 Å². The molecule has 0 saturated heterocycles. The Morgan fingerprint density at radius 3 is 1.12 bits per heavy atom. The quantitative estimate of drug-likeness (QED) is 0.644. The molecule has 0 saturated carbocycles. The second-order valence-electron chi connectivity index (χ2n) is 0.428. The maximum atomic E-state index is 7.90. The minimum absolute atomic E-state index is 0. The van der Waals surface area contributed by atoms with Crippen LogP contribution >= 0.6 is 0 Å². The molecule has 0 spiro atoms. The molecule has 0 fully saturated rings. The monoisotopic (exact) mass is 292 g/mol. The molecule has 0 unspecified atom stereocenters. The van der Waals surface area contributed by atoms with Crippen LogP contribution in [0, 0.1) is 28.6 Å². The molecule has 3 N–H and O–H groups in total. The Bertz CT molecular complexity index is 134. The summed E-state index contributed by atoms with van der Waals surface area (Å²) < 4.78 is 4.88. The summed E-state index contributed by atoms with van der Waals surface area (Å²) in [4.78, 5) is 0. The summed E-state index contributed by atoms with van der Waals surface area (Å²) in [5, 5.41) is 23.7. The van der Waals surface area contributed by atoms with Gasteiger partial charge in [0, 0.05) is 0 Å². The van der Waals surface area contributed by atoms with Crippen LogP contribution in [-0.4, -0.2) is 0 Å². The van der Waals surface area contributed by atoms with E-state index >= 15 is 0 Å². The number of rotatable bonds is 0. The second-order valence-corrected chi connectivity index (χ2v) is 3.51. The number of hydrogen-bond donors (Lipinski definition) is 1. The van der Waals surface area contributed by atoms with Gasteiger partial charge in [0.1, 0.15) is 0 Å². The van der Waals surface area contributed by atoms with Gasteiger partial charge in [-0.15, -0.1) is 0 Å². The first kappa shape index (κ1) is 10.2. The molecule has 0 atom stereocenters. The first-order chi connectivity index (χ1) is 3.35. The van der Waals surface area contributed by atoms with Gasteiger partial charge in [-0.25, -0.2) is 0 Å². The van der Waals surface area contributed by atoms with E-state index in [4.69, 9.17) is 15.8 Å². The average molecular weight is 292 g/mol. The van der Waals surface area contributed by atoms with Gasteiger partial charge in [-0.3, -0.25) is 0 Å². The first-order valence-electron chi connectivity index (χ1n) is 1.12. The fourth-order valence-corrected chi connectivity index (χ4v) is 0.370. The SMILES string of the molecule is N.N#[C][Au]([C]#N)[C]#N. The summed E-state index contributed by atoms with van der Waals surface area (Å²) in [6, 6.07) is 0. The first-order valence-corrected chi connectivity index (χ1v) is 4.37. The molecular weight excluding hydrogens is 289 g/mol. The van der Waals surface area contributed by atoms with Crippen molar-refractivity contribution in [2.75, 3.05) is 0 Å². The van der Waals surface area contributed by atoms with Gasteiger partial charge in [-0.05, 0) is 0 Å². The van der Waals surface area contributed by atoms with Crippen LogP contribution in [0.1, 0.15) is 0 Å². The van der Waals surface area contributed by atoms with E-state index < -0.39 is 18.4 Å². The van der Waals surface area contributed by atoms with Gasteiger partial charge < -0.3 is 6.15 Å². The molecule has 46 valence electrons. The second kappa shape index (κ2) is 6.17. The van der Waals surface area contributed by atoms with Crippen LogP contribution in [0.25, 0.3) is 0 Å². The molecule has 8 heavy (non-hydrogen) atoms. The van der Waals surface area contributed by atoms with Crippen molar-refractivity contribution in [1.82, 2.24) is 6.15 Å². The van der Waals surface area contributed by atoms with Crippen molar-refractivity contribution in [3.8, 4) is 12.9 Å². The Balaban J connectivity index is 0. The number of nitriles is 3. The Labute approximate surface area is 53.6 Å². The molecule has 0 amide bonds. The average Bonchev–Trinajstić information content (AvgIpc) is 1.72. The van der Waals surface area contributed by atoms with Crippen molar-refractivity contribution in [2.45, 2.75) is 0 Å². The molecule has 0 aromatic carbocycles. The fraction of sp³-hybridized carbons (Fsp3) is 0. The van der Waals surface area contributed by atoms with Crippen molar-refractivity contribution in [3.05, 3.63) is 0 Å². The zero-order chi connectivity index (χ0) is 5.70. The van der Waals surface area contributed by atoms with Crippen LogP contribution < -0.4 is 6.15 Å². The van der Waals surface area contributed by atoms with Crippen LogP contribution in [0.15, 0.2) is 0 Å². The molecule has 5 heteroatoms. The van der Waals surface area contributed by atoms with Crippen molar-refractivity contribution in [2.24, 2.45) is 0 Å². The van der Waals surface area contributed by atoms with Crippen molar-refractivity contribution >= 4 is 0 Å². The topological polar surface area (TPSA) is 106 Å². The van der Waals surface area contributed by atoms with Crippen LogP contribution in [0.3, 0.4) is 0 Å². The van der Waals surface area contributed by atoms with Gasteiger partial charge in [0.2, 0.25) is 0 Å². The van der Waals surface area contributed by atoms with Gasteiger partial charge in [0.05, 0.1) is 0 Å². The number of nitrogens with zero attached hydrogens (tertiary/aromatic N) is 3. The Kier molecular flexibility index (Phi) is 7.88. The fourth-order valence-electron chi connectivity index (χ4n) is 0.0452. The molecule has 0 aromatic heterocycles. The van der Waals surface area contributed by atoms with Crippen LogP contribution in [0.2, 0.25) is 0 Å². The maximum absolute atomic E-state index is 7.90. The molecule has 0 aliphatic heterocycles. The molecule has 0 aromatic rings. The van der Waals surface area contributed by atoms with Gasteiger partial charge in [-0.2, -0.15) is 0 Å². The Hall–Kier alpha value is -0.830. The third-order valence-corrected chi connectivity index (χ3v) is 1.66. The van der Waals surface area contributed by atoms with Gasteiger partial charge >= 0.3 is 47.1 Å². The predicted octanol–water partition coefficient (Wildman–Crippen LogP) is 0.210. The van der Waals surface area contributed by atoms with E-state index in [2.05, 4.69) is 0 Å². The molecule has 0 rings (SSSR count). The molecule has 4 nitrogen and oxygen atoms in total. The Morgan fingerprint density at radius 2 is 1.12 bits per heavy atom. The predicted molar refractivity (Wildman–Crippen MR) is 21.9 cm³/mol. The minimum atomic E-state index is -2.33. The van der Waals surface area contributed by atoms with Crippen molar-refractivity contribution in [1.29, 1.82) is 15.8 Å². The summed E-state index contributed by atoms with van der Waals surface area (Å²) in [5.41, 5.74) is 0. The number of hydrogen-bond acceptors (Lipinski definition) is 4. The zero-order valence-electron chi connectivity index (χ0n) is 3.85. The molecule has 0 bridgehead atoms. The molecule has 0 aliphatic carbocycles. The summed E-state index contributed by atoms with van der Waals surface area (Å²) in [6.45, 7) is 0. The normalized spacial score (nSPS) is 6.38. The molecule has 0 radical (unpaired) electrons. The summed E-state index contributed by atoms with van der Waals surface area (Å²) >= 11 is -2.33. The van der Waals surface area contributed by atoms with E-state index in [1.807, 2.05) is 0 Å². The zero-order valence-corrected chi connectivity index (χ0v) is 6.02. The van der Waals surface area contributed by atoms with E-state index in [1.54, 1.807) is 12.9 Å². The standard InChI is InChI=1S/3CN.Au.H3N/c3*1-2;;/h;;;;1H3. The van der Waals surface area contributed by atoms with Gasteiger partial charge in [0.15, 0.2) is 0 Å². The van der Waals surface area contributed by atoms with Crippen molar-refractivity contribution < 1.29 is 18.4 Å². The summed E-state index contributed by atoms with van der Waals surface area (Å²) in [5.74, 6) is 0.